The molecular weight excluding hydrogens is 1750 g/mol. The van der Waals surface area contributed by atoms with Gasteiger partial charge >= 0.3 is 0 Å². The maximum Gasteiger partial charge on any atom is 0.280 e. The Bertz CT molecular complexity index is 5170. The van der Waals surface area contributed by atoms with Crippen molar-refractivity contribution < 1.29 is 72.2 Å². The second-order valence-corrected chi connectivity index (χ2v) is 34.1. The van der Waals surface area contributed by atoms with Crippen LogP contribution in [0.15, 0.2) is 72.6 Å². The van der Waals surface area contributed by atoms with E-state index in [1.165, 1.54) is 73.5 Å². The summed E-state index contributed by atoms with van der Waals surface area (Å²) in [6, 6.07) is -10.7. The highest BCUT2D eigenvalue weighted by molar-refractivity contribution is 5.99. The van der Waals surface area contributed by atoms with Gasteiger partial charge in [0.15, 0.2) is 29.0 Å². The van der Waals surface area contributed by atoms with Gasteiger partial charge in [-0.1, -0.05) is 12.1 Å². The Hall–Kier alpha value is -14.5. The lowest BCUT2D eigenvalue weighted by atomic mass is 10.0. The van der Waals surface area contributed by atoms with Crippen LogP contribution in [0, 0.1) is 16.2 Å². The van der Waals surface area contributed by atoms with E-state index >= 15 is 19.2 Å². The van der Waals surface area contributed by atoms with Gasteiger partial charge in [-0.3, -0.25) is 103 Å². The van der Waals surface area contributed by atoms with Crippen molar-refractivity contribution in [3.8, 4) is 5.75 Å². The highest BCUT2D eigenvalue weighted by Gasteiger charge is 2.51. The van der Waals surface area contributed by atoms with Gasteiger partial charge in [-0.25, -0.2) is 15.0 Å². The molecule has 6 aliphatic heterocycles. The minimum atomic E-state index is -1.54. The molecule has 134 heavy (non-hydrogen) atoms. The number of fused-ring (bicyclic) bond motifs is 1. The quantitative estimate of drug-likeness (QED) is 0.00980. The van der Waals surface area contributed by atoms with Crippen LogP contribution < -0.4 is 116 Å². The molecule has 0 saturated carbocycles. The first-order chi connectivity index (χ1) is 64.0. The van der Waals surface area contributed by atoms with E-state index in [0.717, 1.165) is 16.1 Å². The molecule has 6 aliphatic rings. The third kappa shape index (κ3) is 26.9. The summed E-state index contributed by atoms with van der Waals surface area (Å²) < 4.78 is 1.19. The van der Waals surface area contributed by atoms with Crippen molar-refractivity contribution in [1.29, 1.82) is 16.2 Å². The van der Waals surface area contributed by atoms with Crippen LogP contribution in [0.25, 0.3) is 11.2 Å². The van der Waals surface area contributed by atoms with Gasteiger partial charge in [-0.05, 0) is 114 Å². The second kappa shape index (κ2) is 46.6. The van der Waals surface area contributed by atoms with Crippen molar-refractivity contribution in [2.45, 2.75) is 206 Å². The number of nitrogens with one attached hydrogen (secondary N) is 15. The maximum atomic E-state index is 15.3. The van der Waals surface area contributed by atoms with E-state index in [9.17, 15) is 57.8 Å². The number of carbonyl (C=O) groups excluding carboxylic acids is 14. The number of phenols is 1. The first-order valence-electron chi connectivity index (χ1n) is 44.2. The molecule has 4 aromatic heterocycles. The number of aromatic amines is 1. The lowest BCUT2D eigenvalue weighted by Gasteiger charge is -2.32. The van der Waals surface area contributed by atoms with Gasteiger partial charge in [0.2, 0.25) is 76.8 Å². The van der Waals surface area contributed by atoms with E-state index < -0.39 is 229 Å². The number of imidazole rings is 1. The zero-order valence-electron chi connectivity index (χ0n) is 73.7. The minimum Gasteiger partial charge on any atom is -0.508 e. The number of nitrogens with zero attached hydrogens (tertiary/aromatic N) is 13. The van der Waals surface area contributed by atoms with Crippen LogP contribution in [0.3, 0.4) is 0 Å². The predicted octanol–water partition coefficient (Wildman–Crippen LogP) is -11.2. The number of amides is 14. The SMILES string of the molecule is N=C(N)N[C@@H]1C[C@@H](C(=O)N[C@H]2CN[C@@H](C(=O)N[C@@H](Cc3ccc(O)cc3)C(N)=O)C2)N(C(=O)CN(CCNC(=O)[C@H](CCCCNC(=O)[C@@H]2C[C@@H](NC(=N)N)CN2C(=O)[C@H]2C[C@@H](N)CN2C(=O)[C@@H](N)CCCCNC(=O)c2cnccn2)NC(=O)[C@@H]2C[C@@H](NC(=N)N)CN2C(=O)[C@H]2C[C@@H](N)CN2C(=O)[C@@H](N)CCCCNC(=O)c2cnccn2)C(=O)Cn2cnc3c(=O)[nH]c(N)nc32)C1. The fraction of sp³-hybridized carbons (Fsp3) is 0.556. The first-order valence-corrected chi connectivity index (χ1v) is 44.2. The molecule has 0 spiro atoms. The highest BCUT2D eigenvalue weighted by Crippen LogP contribution is 2.30. The van der Waals surface area contributed by atoms with Crippen molar-refractivity contribution in [2.24, 2.45) is 45.9 Å². The molecule has 11 rings (SSSR count). The van der Waals surface area contributed by atoms with Gasteiger partial charge in [0, 0.05) is 139 Å². The molecular formula is C81H119N37O16. The van der Waals surface area contributed by atoms with Crippen molar-refractivity contribution in [3.63, 3.8) is 0 Å². The number of unbranched alkanes of at least 4 members (excludes halogenated alkanes) is 3. The van der Waals surface area contributed by atoms with Crippen LogP contribution in [0.4, 0.5) is 5.95 Å². The molecule has 10 heterocycles. The second-order valence-electron chi connectivity index (χ2n) is 34.1. The number of hydrogen-bond donors (Lipinski definition) is 25. The van der Waals surface area contributed by atoms with Crippen LogP contribution in [0.5, 0.6) is 5.75 Å². The zero-order chi connectivity index (χ0) is 96.7. The molecule has 6 fully saturated rings. The molecule has 16 atom stereocenters. The van der Waals surface area contributed by atoms with Gasteiger partial charge in [-0.2, -0.15) is 4.98 Å². The number of nitrogen functional groups attached to an aromatic ring is 1. The smallest absolute Gasteiger partial charge is 0.280 e. The summed E-state index contributed by atoms with van der Waals surface area (Å²) in [5, 5.41) is 64.8. The molecule has 34 N–H and O–H groups in total. The van der Waals surface area contributed by atoms with Crippen molar-refractivity contribution in [1.82, 2.24) is 127 Å². The third-order valence-electron chi connectivity index (χ3n) is 24.1. The minimum absolute atomic E-state index is 0.0000147. The number of benzene rings is 1. The number of primary amides is 1. The normalized spacial score (nSPS) is 22.2. The summed E-state index contributed by atoms with van der Waals surface area (Å²) in [5.41, 5.74) is 54.7. The number of nitrogens with two attached hydrogens (primary N) is 9. The predicted molar refractivity (Wildman–Crippen MR) is 478 cm³/mol. The molecule has 53 nitrogen and oxygen atoms in total. The molecule has 5 aromatic rings. The third-order valence-corrected chi connectivity index (χ3v) is 24.1. The number of rotatable bonds is 42. The molecule has 1 aromatic carbocycles. The van der Waals surface area contributed by atoms with E-state index in [4.69, 9.17) is 67.8 Å². The topological polar surface area (TPSA) is 832 Å². The van der Waals surface area contributed by atoms with Gasteiger partial charge in [0.1, 0.15) is 66.0 Å². The molecule has 0 unspecified atom stereocenters. The summed E-state index contributed by atoms with van der Waals surface area (Å²) in [5.74, 6) is -11.5. The highest BCUT2D eigenvalue weighted by atomic mass is 16.3. The van der Waals surface area contributed by atoms with Crippen LogP contribution in [-0.4, -0.2) is 350 Å². The van der Waals surface area contributed by atoms with E-state index in [0.29, 0.717) is 31.2 Å². The summed E-state index contributed by atoms with van der Waals surface area (Å²) >= 11 is 0. The summed E-state index contributed by atoms with van der Waals surface area (Å²) in [4.78, 5) is 246. The van der Waals surface area contributed by atoms with E-state index in [1.54, 1.807) is 12.1 Å². The lowest BCUT2D eigenvalue weighted by molar-refractivity contribution is -0.147. The summed E-state index contributed by atoms with van der Waals surface area (Å²) in [6.07, 6.45) is 10.8. The van der Waals surface area contributed by atoms with Crippen molar-refractivity contribution in [3.05, 3.63) is 95.1 Å². The fourth-order valence-electron chi connectivity index (χ4n) is 17.5. The van der Waals surface area contributed by atoms with Gasteiger partial charge < -0.3 is 149 Å². The van der Waals surface area contributed by atoms with Crippen molar-refractivity contribution >= 4 is 118 Å². The average molecular weight is 1870 g/mol. The fourth-order valence-corrected chi connectivity index (χ4v) is 17.5. The van der Waals surface area contributed by atoms with E-state index in [2.05, 4.69) is 93.4 Å². The number of anilines is 1. The average Bonchev–Trinajstić information content (AvgIpc) is 1.64. The van der Waals surface area contributed by atoms with E-state index in [-0.39, 0.29) is 170 Å². The number of hydrogen-bond acceptors (Lipinski definition) is 31. The van der Waals surface area contributed by atoms with Gasteiger partial charge in [-0.15, -0.1) is 0 Å². The largest absolute Gasteiger partial charge is 0.508 e. The Labute approximate surface area is 767 Å². The molecule has 53 heteroatoms. The maximum absolute atomic E-state index is 15.3. The van der Waals surface area contributed by atoms with Crippen LogP contribution in [-0.2, 0) is 70.5 Å². The molecule has 724 valence electrons. The molecule has 6 saturated heterocycles. The van der Waals surface area contributed by atoms with E-state index in [1.807, 2.05) is 0 Å². The number of carbonyl (C=O) groups is 14. The van der Waals surface area contributed by atoms with Crippen LogP contribution in [0.1, 0.15) is 123 Å². The summed E-state index contributed by atoms with van der Waals surface area (Å²) in [6.45, 7) is -2.82. The van der Waals surface area contributed by atoms with Gasteiger partial charge in [0.25, 0.3) is 17.4 Å². The molecule has 0 bridgehead atoms. The molecule has 0 aliphatic carbocycles. The number of H-pyrrole nitrogens is 1. The summed E-state index contributed by atoms with van der Waals surface area (Å²) in [7, 11) is 0. The molecule has 14 amide bonds. The first kappa shape index (κ1) is 100. The Balaban J connectivity index is 0.797. The number of aromatic nitrogens is 8. The number of likely N-dealkylation sites (tertiary alicyclic amines) is 5. The number of guanidine groups is 3. The Morgan fingerprint density at radius 3 is 1.54 bits per heavy atom. The van der Waals surface area contributed by atoms with Crippen LogP contribution >= 0.6 is 0 Å². The Kier molecular flexibility index (Phi) is 34.8. The van der Waals surface area contributed by atoms with Gasteiger partial charge in [0.05, 0.1) is 43.4 Å². The molecule has 0 radical (unpaired) electrons. The Morgan fingerprint density at radius 2 is 1.03 bits per heavy atom. The zero-order valence-corrected chi connectivity index (χ0v) is 73.7. The lowest BCUT2D eigenvalue weighted by Crippen LogP contribution is -2.57. The van der Waals surface area contributed by atoms with Crippen LogP contribution in [0.2, 0.25) is 0 Å². The standard InChI is InChI=1S/C81H119N37O16/c82-42-24-59(115(33-42)74(131)49(84)7-1-4-14-98-67(124)54-31-94-17-19-96-54)76(133)117-36-46(106-79(89)90)27-56(117)70(127)100-16-6-3-9-51(108-72(129)58-29-47(107-80(91)92)37-118(58)77(134)60-25-43(83)34-116(60)75(132)50(85)8-2-5-15-99-68(125)55-32-95-18-20-97-55)66(123)101-21-22-112(61(120)38-113-40-103-63-65(113)110-81(93)111-73(63)130)39-62(121)114-35-45(105-78(87)88)28-57(114)71(128)104-44-26-53(102-30-44)69(126)109-52(64(86)122)23-41-10-12-48(119)13-11-41/h10-13,17-20,31-32,40,42-47,49-53,56-60,102,119H,1-9,14-16,21-30,33-39,82-85H2,(H2,86,122)(H,98,124)(H,99,125)(H,100,127)(H,101,123)(H,104,128)(H,108,129)(H,109,126)(H4,87,88,105)(H4,89,90,106)(H4,91,92,107)(H3,93,110,111,130)/t42-,43-,44-,45-,46-,47-,49+,50+,51+,52+,53-,56+,57+,58+,59-,60-/m1/s1. The van der Waals surface area contributed by atoms with Crippen molar-refractivity contribution in [2.75, 3.05) is 84.3 Å². The number of aromatic hydroxyl groups is 1. The number of phenolic OH excluding ortho intramolecular Hbond substituents is 1. The Morgan fingerprint density at radius 1 is 0.530 bits per heavy atom. The monoisotopic (exact) mass is 1870 g/mol.